The van der Waals surface area contributed by atoms with Gasteiger partial charge in [-0.3, -0.25) is 4.79 Å². The first-order valence-corrected chi connectivity index (χ1v) is 10.9. The molecule has 2 aromatic heterocycles. The zero-order chi connectivity index (χ0) is 20.8. The lowest BCUT2D eigenvalue weighted by Crippen LogP contribution is -2.23. The van der Waals surface area contributed by atoms with Crippen LogP contribution in [0.3, 0.4) is 0 Å². The molecule has 0 saturated heterocycles. The second-order valence-corrected chi connectivity index (χ2v) is 8.13. The first-order valence-electron chi connectivity index (χ1n) is 10.1. The van der Waals surface area contributed by atoms with E-state index in [1.807, 2.05) is 36.4 Å². The van der Waals surface area contributed by atoms with Crippen LogP contribution in [-0.4, -0.2) is 18.7 Å². The highest BCUT2D eigenvalue weighted by molar-refractivity contribution is 7.16. The monoisotopic (exact) mass is 420 g/mol. The van der Waals surface area contributed by atoms with E-state index < -0.39 is 0 Å². The molecule has 0 radical (unpaired) electrons. The molecule has 0 saturated carbocycles. The van der Waals surface area contributed by atoms with E-state index in [2.05, 4.69) is 11.9 Å². The van der Waals surface area contributed by atoms with Crippen molar-refractivity contribution in [1.82, 2.24) is 5.32 Å². The molecule has 1 amide bonds. The number of carbonyl (C=O) groups is 1. The van der Waals surface area contributed by atoms with Gasteiger partial charge in [-0.1, -0.05) is 24.8 Å². The van der Waals surface area contributed by atoms with Crippen LogP contribution in [-0.2, 0) is 19.4 Å². The maximum atomic E-state index is 13.1. The number of amides is 1. The third-order valence-corrected chi connectivity index (χ3v) is 6.18. The fraction of sp³-hybridized carbons (Fsp3) is 0.250. The Kier molecular flexibility index (Phi) is 6.44. The van der Waals surface area contributed by atoms with E-state index in [1.54, 1.807) is 29.9 Å². The Bertz CT molecular complexity index is 1050. The molecular weight excluding hydrogens is 396 g/mol. The third-order valence-electron chi connectivity index (χ3n) is 4.98. The highest BCUT2D eigenvalue weighted by atomic mass is 32.1. The molecule has 0 fully saturated rings. The molecule has 2 heterocycles. The fourth-order valence-electron chi connectivity index (χ4n) is 3.54. The molecule has 1 aliphatic carbocycles. The fourth-order valence-corrected chi connectivity index (χ4v) is 4.77. The molecule has 154 valence electrons. The largest absolute Gasteiger partial charge is 0.489 e. The normalized spacial score (nSPS) is 13.2. The van der Waals surface area contributed by atoms with Gasteiger partial charge in [0.05, 0.1) is 18.4 Å². The van der Waals surface area contributed by atoms with Gasteiger partial charge in [-0.05, 0) is 55.5 Å². The van der Waals surface area contributed by atoms with Gasteiger partial charge in [0.15, 0.2) is 0 Å². The maximum Gasteiger partial charge on any atom is 0.255 e. The zero-order valence-electron chi connectivity index (χ0n) is 16.7. The summed E-state index contributed by atoms with van der Waals surface area (Å²) in [5, 5.41) is 3.73. The van der Waals surface area contributed by atoms with Gasteiger partial charge >= 0.3 is 0 Å². The number of nitrogens with zero attached hydrogens (tertiary/aromatic N) is 1. The number of nitrogens with one attached hydrogen (secondary N) is 1. The molecule has 1 aliphatic rings. The van der Waals surface area contributed by atoms with Crippen LogP contribution in [0.15, 0.2) is 64.7 Å². The summed E-state index contributed by atoms with van der Waals surface area (Å²) in [6.07, 6.45) is 9.28. The van der Waals surface area contributed by atoms with Crippen molar-refractivity contribution in [2.45, 2.75) is 32.2 Å². The van der Waals surface area contributed by atoms with Crippen LogP contribution in [0.2, 0.25) is 0 Å². The highest BCUT2D eigenvalue weighted by Crippen LogP contribution is 2.40. The number of rotatable bonds is 8. The van der Waals surface area contributed by atoms with Crippen molar-refractivity contribution >= 4 is 28.5 Å². The van der Waals surface area contributed by atoms with Crippen molar-refractivity contribution in [1.29, 1.82) is 0 Å². The van der Waals surface area contributed by atoms with Gasteiger partial charge < -0.3 is 14.5 Å². The van der Waals surface area contributed by atoms with E-state index in [0.29, 0.717) is 18.7 Å². The summed E-state index contributed by atoms with van der Waals surface area (Å²) in [6, 6.07) is 11.4. The lowest BCUT2D eigenvalue weighted by molar-refractivity contribution is 0.0948. The van der Waals surface area contributed by atoms with E-state index >= 15 is 0 Å². The van der Waals surface area contributed by atoms with E-state index in [0.717, 1.165) is 53.3 Å². The number of benzene rings is 1. The lowest BCUT2D eigenvalue weighted by Gasteiger charge is -2.12. The predicted molar refractivity (Wildman–Crippen MR) is 120 cm³/mol. The summed E-state index contributed by atoms with van der Waals surface area (Å²) in [7, 11) is 0. The summed E-state index contributed by atoms with van der Waals surface area (Å²) in [5.74, 6) is 1.37. The van der Waals surface area contributed by atoms with Crippen molar-refractivity contribution in [2.75, 3.05) is 6.61 Å². The Labute approximate surface area is 180 Å². The number of ether oxygens (including phenoxy) is 1. The number of thiophene rings is 1. The van der Waals surface area contributed by atoms with Crippen molar-refractivity contribution in [2.24, 2.45) is 4.99 Å². The van der Waals surface area contributed by atoms with E-state index in [1.165, 1.54) is 4.88 Å². The van der Waals surface area contributed by atoms with Crippen molar-refractivity contribution in [3.05, 3.63) is 82.6 Å². The molecule has 0 spiro atoms. The minimum absolute atomic E-state index is 0.103. The predicted octanol–water partition coefficient (Wildman–Crippen LogP) is 5.47. The molecule has 0 aliphatic heterocycles. The Morgan fingerprint density at radius 2 is 2.10 bits per heavy atom. The van der Waals surface area contributed by atoms with Crippen LogP contribution < -0.4 is 10.1 Å². The third kappa shape index (κ3) is 4.54. The number of fused-ring (bicyclic) bond motifs is 1. The smallest absolute Gasteiger partial charge is 0.255 e. The number of aryl methyl sites for hydroxylation is 1. The molecule has 30 heavy (non-hydrogen) atoms. The Morgan fingerprint density at radius 1 is 1.23 bits per heavy atom. The molecule has 1 N–H and O–H groups in total. The topological polar surface area (TPSA) is 63.8 Å². The molecular formula is C24H24N2O3S. The van der Waals surface area contributed by atoms with Gasteiger partial charge in [0.1, 0.15) is 23.1 Å². The number of carbonyl (C=O) groups excluding carboxylic acids is 1. The number of hydrogen-bond donors (Lipinski definition) is 1. The minimum Gasteiger partial charge on any atom is -0.489 e. The first-order chi connectivity index (χ1) is 14.8. The molecule has 0 atom stereocenters. The quantitative estimate of drug-likeness (QED) is 0.388. The Hall–Kier alpha value is -3.12. The van der Waals surface area contributed by atoms with Crippen LogP contribution in [0.25, 0.3) is 0 Å². The molecule has 4 rings (SSSR count). The molecule has 6 heteroatoms. The average molecular weight is 421 g/mol. The zero-order valence-corrected chi connectivity index (χ0v) is 17.5. The second kappa shape index (κ2) is 9.59. The SMILES string of the molecule is C=CCOc1ccccc1C=Nc1sc2c(c1C(=O)NCc1ccco1)CCCC2. The molecule has 5 nitrogen and oxygen atoms in total. The van der Waals surface area contributed by atoms with E-state index in [9.17, 15) is 4.79 Å². The Balaban J connectivity index is 1.61. The van der Waals surface area contributed by atoms with Gasteiger partial charge in [0.25, 0.3) is 5.91 Å². The van der Waals surface area contributed by atoms with Crippen molar-refractivity contribution < 1.29 is 13.9 Å². The van der Waals surface area contributed by atoms with Gasteiger partial charge in [-0.2, -0.15) is 0 Å². The molecule has 0 unspecified atom stereocenters. The van der Waals surface area contributed by atoms with Crippen molar-refractivity contribution in [3.63, 3.8) is 0 Å². The number of aliphatic imine (C=N–C) groups is 1. The summed E-state index contributed by atoms with van der Waals surface area (Å²) in [6.45, 7) is 4.48. The number of hydrogen-bond acceptors (Lipinski definition) is 5. The molecule has 0 bridgehead atoms. The van der Waals surface area contributed by atoms with E-state index in [4.69, 9.17) is 14.1 Å². The molecule has 3 aromatic rings. The van der Waals surface area contributed by atoms with Crippen LogP contribution in [0.4, 0.5) is 5.00 Å². The second-order valence-electron chi connectivity index (χ2n) is 7.05. The van der Waals surface area contributed by atoms with Gasteiger partial charge in [-0.15, -0.1) is 11.3 Å². The van der Waals surface area contributed by atoms with Crippen LogP contribution >= 0.6 is 11.3 Å². The Morgan fingerprint density at radius 3 is 2.93 bits per heavy atom. The van der Waals surface area contributed by atoms with Gasteiger partial charge in [0.2, 0.25) is 0 Å². The van der Waals surface area contributed by atoms with E-state index in [-0.39, 0.29) is 5.91 Å². The minimum atomic E-state index is -0.103. The van der Waals surface area contributed by atoms with Crippen molar-refractivity contribution in [3.8, 4) is 5.75 Å². The standard InChI is InChI=1S/C24H24N2O3S/c1-2-13-29-20-11-5-3-8-17(20)15-26-24-22(19-10-4-6-12-21(19)30-24)23(27)25-16-18-9-7-14-28-18/h2-3,5,7-9,11,14-15H,1,4,6,10,12-13,16H2,(H,25,27). The number of furan rings is 1. The summed E-state index contributed by atoms with van der Waals surface area (Å²) >= 11 is 1.62. The summed E-state index contributed by atoms with van der Waals surface area (Å²) < 4.78 is 11.1. The van der Waals surface area contributed by atoms with Gasteiger partial charge in [-0.25, -0.2) is 4.99 Å². The first kappa shape index (κ1) is 20.2. The average Bonchev–Trinajstić information content (AvgIpc) is 3.42. The summed E-state index contributed by atoms with van der Waals surface area (Å²) in [5.41, 5.74) is 2.71. The molecule has 1 aromatic carbocycles. The highest BCUT2D eigenvalue weighted by Gasteiger charge is 2.25. The van der Waals surface area contributed by atoms with Crippen LogP contribution in [0.5, 0.6) is 5.75 Å². The van der Waals surface area contributed by atoms with Crippen LogP contribution in [0, 0.1) is 0 Å². The maximum absolute atomic E-state index is 13.1. The lowest BCUT2D eigenvalue weighted by atomic mass is 9.95. The van der Waals surface area contributed by atoms with Crippen LogP contribution in [0.1, 0.15) is 45.0 Å². The number of para-hydroxylation sites is 1. The summed E-state index contributed by atoms with van der Waals surface area (Å²) in [4.78, 5) is 19.0. The van der Waals surface area contributed by atoms with Gasteiger partial charge in [0, 0.05) is 16.7 Å².